The topological polar surface area (TPSA) is 80.2 Å². The number of rotatable bonds is 3. The summed E-state index contributed by atoms with van der Waals surface area (Å²) < 4.78 is 13.2. The van der Waals surface area contributed by atoms with E-state index in [4.69, 9.17) is 0 Å². The molecule has 7 heteroatoms. The van der Waals surface area contributed by atoms with Gasteiger partial charge in [0.15, 0.2) is 0 Å². The van der Waals surface area contributed by atoms with Crippen LogP contribution in [0.4, 0.5) is 4.39 Å². The number of carbonyl (C=O) groups excluding carboxylic acids is 2. The Hall–Kier alpha value is -2.41. The summed E-state index contributed by atoms with van der Waals surface area (Å²) in [6, 6.07) is 1.13. The summed E-state index contributed by atoms with van der Waals surface area (Å²) in [7, 11) is 0. The minimum atomic E-state index is -0.583. The van der Waals surface area contributed by atoms with E-state index in [1.165, 1.54) is 24.5 Å². The van der Waals surface area contributed by atoms with E-state index in [0.717, 1.165) is 12.3 Å². The zero-order valence-corrected chi connectivity index (χ0v) is 13.1. The molecule has 0 amide bonds. The molecule has 23 heavy (non-hydrogen) atoms. The van der Waals surface area contributed by atoms with Crippen LogP contribution in [0.1, 0.15) is 39.3 Å². The Bertz CT molecular complexity index is 842. The number of fused-ring (bicyclic) bond motifs is 1. The number of halogens is 1. The molecule has 0 unspecified atom stereocenters. The molecule has 0 atom stereocenters. The summed E-state index contributed by atoms with van der Waals surface area (Å²) in [6.45, 7) is 1.47. The monoisotopic (exact) mass is 332 g/mol. The van der Waals surface area contributed by atoms with Gasteiger partial charge in [0.2, 0.25) is 5.78 Å². The summed E-state index contributed by atoms with van der Waals surface area (Å²) in [5.41, 5.74) is 1.05. The molecule has 0 saturated heterocycles. The number of aliphatic hydroxyl groups is 1. The number of aryl methyl sites for hydroxylation is 1. The summed E-state index contributed by atoms with van der Waals surface area (Å²) >= 11 is 1.17. The molecule has 118 valence electrons. The third-order valence-electron chi connectivity index (χ3n) is 3.50. The highest BCUT2D eigenvalue weighted by atomic mass is 32.1. The molecule has 1 aliphatic rings. The van der Waals surface area contributed by atoms with Crippen LogP contribution in [0.2, 0.25) is 0 Å². The third-order valence-corrected chi connectivity index (χ3v) is 4.59. The number of nitrogens with zero attached hydrogens (tertiary/aromatic N) is 2. The summed E-state index contributed by atoms with van der Waals surface area (Å²) in [5, 5.41) is 10.9. The van der Waals surface area contributed by atoms with Crippen LogP contribution in [-0.4, -0.2) is 26.6 Å². The molecule has 2 heterocycles. The lowest BCUT2D eigenvalue weighted by Crippen LogP contribution is -2.14. The Labute approximate surface area is 135 Å². The zero-order valence-electron chi connectivity index (χ0n) is 12.3. The average molecular weight is 332 g/mol. The Morgan fingerprint density at radius 3 is 2.87 bits per heavy atom. The Morgan fingerprint density at radius 2 is 2.17 bits per heavy atom. The SMILES string of the molecule is CC(=O)Cc1nc2c(s1)C(=O)C(=C(O)c1cncc(F)c1)CC2. The highest BCUT2D eigenvalue weighted by Gasteiger charge is 2.29. The molecule has 1 aliphatic carbocycles. The van der Waals surface area contributed by atoms with Crippen LogP contribution >= 0.6 is 11.3 Å². The van der Waals surface area contributed by atoms with Gasteiger partial charge in [0.25, 0.3) is 0 Å². The van der Waals surface area contributed by atoms with Crippen LogP contribution in [0.3, 0.4) is 0 Å². The van der Waals surface area contributed by atoms with Crippen molar-refractivity contribution < 1.29 is 19.1 Å². The maximum absolute atomic E-state index is 13.2. The molecule has 2 aromatic heterocycles. The summed E-state index contributed by atoms with van der Waals surface area (Å²) in [6.07, 6.45) is 3.35. The standard InChI is InChI=1S/C16H13FN2O3S/c1-8(20)4-13-19-12-3-2-11(15(22)16(12)23-13)14(21)9-5-10(17)7-18-6-9/h5-7,21H,2-4H2,1H3. The number of ketones is 2. The van der Waals surface area contributed by atoms with E-state index in [1.54, 1.807) is 0 Å². The Morgan fingerprint density at radius 1 is 1.39 bits per heavy atom. The average Bonchev–Trinajstić information content (AvgIpc) is 2.89. The molecule has 0 saturated carbocycles. The van der Waals surface area contributed by atoms with Crippen molar-refractivity contribution in [3.05, 3.63) is 51.0 Å². The normalized spacial score (nSPS) is 16.2. The van der Waals surface area contributed by atoms with Gasteiger partial charge in [-0.3, -0.25) is 14.6 Å². The second-order valence-electron chi connectivity index (χ2n) is 5.31. The van der Waals surface area contributed by atoms with Crippen molar-refractivity contribution in [2.75, 3.05) is 0 Å². The molecule has 0 bridgehead atoms. The molecule has 1 N–H and O–H groups in total. The minimum absolute atomic E-state index is 0.0204. The number of allylic oxidation sites excluding steroid dienone is 1. The lowest BCUT2D eigenvalue weighted by atomic mass is 9.93. The van der Waals surface area contributed by atoms with Crippen molar-refractivity contribution in [1.82, 2.24) is 9.97 Å². The van der Waals surface area contributed by atoms with Crippen LogP contribution in [0, 0.1) is 5.82 Å². The van der Waals surface area contributed by atoms with E-state index in [-0.39, 0.29) is 34.9 Å². The van der Waals surface area contributed by atoms with E-state index in [0.29, 0.717) is 28.4 Å². The number of Topliss-reactive ketones (excluding diaryl/α,β-unsaturated/α-hetero) is 2. The molecular weight excluding hydrogens is 319 g/mol. The maximum atomic E-state index is 13.2. The highest BCUT2D eigenvalue weighted by Crippen LogP contribution is 2.33. The first-order chi connectivity index (χ1) is 11.0. The number of pyridine rings is 1. The third kappa shape index (κ3) is 3.05. The molecule has 0 aliphatic heterocycles. The smallest absolute Gasteiger partial charge is 0.204 e. The van der Waals surface area contributed by atoms with Crippen LogP contribution in [0.5, 0.6) is 0 Å². The van der Waals surface area contributed by atoms with E-state index in [2.05, 4.69) is 9.97 Å². The summed E-state index contributed by atoms with van der Waals surface area (Å²) in [4.78, 5) is 32.2. The Kier molecular flexibility index (Phi) is 4.04. The first-order valence-electron chi connectivity index (χ1n) is 7.01. The van der Waals surface area contributed by atoms with E-state index in [1.807, 2.05) is 0 Å². The molecule has 5 nitrogen and oxygen atoms in total. The van der Waals surface area contributed by atoms with Crippen molar-refractivity contribution in [3.63, 3.8) is 0 Å². The van der Waals surface area contributed by atoms with Crippen LogP contribution in [0.25, 0.3) is 5.76 Å². The number of aromatic nitrogens is 2. The highest BCUT2D eigenvalue weighted by molar-refractivity contribution is 7.14. The van der Waals surface area contributed by atoms with Crippen LogP contribution in [-0.2, 0) is 17.6 Å². The predicted octanol–water partition coefficient (Wildman–Crippen LogP) is 2.91. The van der Waals surface area contributed by atoms with E-state index in [9.17, 15) is 19.1 Å². The second kappa shape index (κ2) is 6.00. The van der Waals surface area contributed by atoms with Crippen molar-refractivity contribution >= 4 is 28.7 Å². The fourth-order valence-corrected chi connectivity index (χ4v) is 3.62. The van der Waals surface area contributed by atoms with E-state index >= 15 is 0 Å². The van der Waals surface area contributed by atoms with Crippen LogP contribution in [0.15, 0.2) is 24.0 Å². The van der Waals surface area contributed by atoms with Gasteiger partial charge in [0.05, 0.1) is 23.2 Å². The van der Waals surface area contributed by atoms with Gasteiger partial charge in [0.1, 0.15) is 22.4 Å². The minimum Gasteiger partial charge on any atom is -0.507 e. The van der Waals surface area contributed by atoms with Gasteiger partial charge in [-0.2, -0.15) is 0 Å². The van der Waals surface area contributed by atoms with Gasteiger partial charge in [-0.1, -0.05) is 0 Å². The first kappa shape index (κ1) is 15.5. The summed E-state index contributed by atoms with van der Waals surface area (Å²) in [5.74, 6) is -1.18. The fraction of sp³-hybridized carbons (Fsp3) is 0.250. The van der Waals surface area contributed by atoms with Gasteiger partial charge in [-0.15, -0.1) is 11.3 Å². The van der Waals surface area contributed by atoms with Gasteiger partial charge in [-0.25, -0.2) is 9.37 Å². The van der Waals surface area contributed by atoms with Gasteiger partial charge in [0, 0.05) is 17.3 Å². The lowest BCUT2D eigenvalue weighted by Gasteiger charge is -2.14. The predicted molar refractivity (Wildman–Crippen MR) is 82.9 cm³/mol. The first-order valence-corrected chi connectivity index (χ1v) is 7.83. The second-order valence-corrected chi connectivity index (χ2v) is 6.39. The maximum Gasteiger partial charge on any atom is 0.204 e. The molecule has 3 rings (SSSR count). The van der Waals surface area contributed by atoms with Gasteiger partial charge >= 0.3 is 0 Å². The molecule has 0 aromatic carbocycles. The number of hydrogen-bond acceptors (Lipinski definition) is 6. The molecular formula is C16H13FN2O3S. The number of thiazole rings is 1. The largest absolute Gasteiger partial charge is 0.507 e. The fourth-order valence-electron chi connectivity index (χ4n) is 2.47. The van der Waals surface area contributed by atoms with Crippen molar-refractivity contribution in [2.24, 2.45) is 0 Å². The molecule has 0 spiro atoms. The van der Waals surface area contributed by atoms with Crippen molar-refractivity contribution in [3.8, 4) is 0 Å². The van der Waals surface area contributed by atoms with E-state index < -0.39 is 5.82 Å². The van der Waals surface area contributed by atoms with Gasteiger partial charge in [-0.05, 0) is 25.8 Å². The van der Waals surface area contributed by atoms with Crippen LogP contribution < -0.4 is 0 Å². The molecule has 2 aromatic rings. The van der Waals surface area contributed by atoms with Gasteiger partial charge < -0.3 is 5.11 Å². The molecule has 0 radical (unpaired) electrons. The molecule has 0 fully saturated rings. The number of hydrogen-bond donors (Lipinski definition) is 1. The number of aliphatic hydroxyl groups excluding tert-OH is 1. The lowest BCUT2D eigenvalue weighted by molar-refractivity contribution is -0.116. The number of carbonyl (C=O) groups is 2. The quantitative estimate of drug-likeness (QED) is 0.690. The Balaban J connectivity index is 1.98. The van der Waals surface area contributed by atoms with Crippen molar-refractivity contribution in [1.29, 1.82) is 0 Å². The van der Waals surface area contributed by atoms with Crippen molar-refractivity contribution in [2.45, 2.75) is 26.2 Å². The zero-order chi connectivity index (χ0) is 16.6.